The molecular formula is C10H23N3O2S. The van der Waals surface area contributed by atoms with E-state index in [0.717, 1.165) is 6.54 Å². The Hall–Kier alpha value is -0.170. The SMILES string of the molecule is CNCC(C)S(=O)(=O)NCCN(C)C1CC1. The highest BCUT2D eigenvalue weighted by Gasteiger charge is 2.26. The summed E-state index contributed by atoms with van der Waals surface area (Å²) in [6.07, 6.45) is 2.50. The molecule has 1 aliphatic carbocycles. The van der Waals surface area contributed by atoms with Crippen LogP contribution in [0.3, 0.4) is 0 Å². The van der Waals surface area contributed by atoms with E-state index in [2.05, 4.69) is 14.9 Å². The number of nitrogens with one attached hydrogen (secondary N) is 2. The van der Waals surface area contributed by atoms with Crippen LogP contribution in [0.5, 0.6) is 0 Å². The Labute approximate surface area is 98.6 Å². The van der Waals surface area contributed by atoms with E-state index in [4.69, 9.17) is 0 Å². The topological polar surface area (TPSA) is 61.4 Å². The second-order valence-electron chi connectivity index (χ2n) is 4.52. The molecule has 2 N–H and O–H groups in total. The van der Waals surface area contributed by atoms with Crippen molar-refractivity contribution in [3.05, 3.63) is 0 Å². The van der Waals surface area contributed by atoms with Gasteiger partial charge in [-0.3, -0.25) is 0 Å². The van der Waals surface area contributed by atoms with E-state index < -0.39 is 10.0 Å². The first-order valence-corrected chi connectivity index (χ1v) is 7.35. The van der Waals surface area contributed by atoms with E-state index in [1.807, 2.05) is 7.05 Å². The molecule has 1 aliphatic rings. The van der Waals surface area contributed by atoms with Crippen LogP contribution in [0.4, 0.5) is 0 Å². The van der Waals surface area contributed by atoms with Crippen LogP contribution in [0.25, 0.3) is 0 Å². The lowest BCUT2D eigenvalue weighted by Gasteiger charge is -2.17. The Morgan fingerprint density at radius 3 is 2.56 bits per heavy atom. The van der Waals surface area contributed by atoms with Gasteiger partial charge < -0.3 is 10.2 Å². The van der Waals surface area contributed by atoms with Gasteiger partial charge in [-0.05, 0) is 33.9 Å². The molecule has 0 aromatic heterocycles. The lowest BCUT2D eigenvalue weighted by atomic mass is 10.5. The second-order valence-corrected chi connectivity index (χ2v) is 6.70. The third-order valence-electron chi connectivity index (χ3n) is 2.96. The molecule has 1 rings (SSSR count). The van der Waals surface area contributed by atoms with Gasteiger partial charge in [0.1, 0.15) is 0 Å². The number of rotatable bonds is 8. The zero-order valence-corrected chi connectivity index (χ0v) is 11.2. The molecule has 0 heterocycles. The van der Waals surface area contributed by atoms with Crippen molar-refractivity contribution in [1.82, 2.24) is 14.9 Å². The summed E-state index contributed by atoms with van der Waals surface area (Å²) < 4.78 is 26.1. The van der Waals surface area contributed by atoms with Crippen molar-refractivity contribution in [1.29, 1.82) is 0 Å². The van der Waals surface area contributed by atoms with Gasteiger partial charge in [0.15, 0.2) is 0 Å². The van der Waals surface area contributed by atoms with Crippen molar-refractivity contribution in [2.45, 2.75) is 31.1 Å². The summed E-state index contributed by atoms with van der Waals surface area (Å²) in [6, 6.07) is 0.680. The summed E-state index contributed by atoms with van der Waals surface area (Å²) in [5.74, 6) is 0. The predicted molar refractivity (Wildman–Crippen MR) is 66.0 cm³/mol. The third-order valence-corrected chi connectivity index (χ3v) is 4.79. The van der Waals surface area contributed by atoms with Crippen molar-refractivity contribution < 1.29 is 8.42 Å². The van der Waals surface area contributed by atoms with Gasteiger partial charge in [0, 0.05) is 25.7 Å². The van der Waals surface area contributed by atoms with Crippen LogP contribution < -0.4 is 10.0 Å². The number of nitrogens with zero attached hydrogens (tertiary/aromatic N) is 1. The molecule has 1 saturated carbocycles. The first kappa shape index (κ1) is 13.9. The molecule has 0 spiro atoms. The molecule has 0 radical (unpaired) electrons. The number of hydrogen-bond acceptors (Lipinski definition) is 4. The van der Waals surface area contributed by atoms with E-state index in [0.29, 0.717) is 19.1 Å². The Morgan fingerprint density at radius 2 is 2.06 bits per heavy atom. The Morgan fingerprint density at radius 1 is 1.44 bits per heavy atom. The van der Waals surface area contributed by atoms with Crippen LogP contribution in [0.15, 0.2) is 0 Å². The van der Waals surface area contributed by atoms with E-state index in [9.17, 15) is 8.42 Å². The first-order chi connectivity index (χ1) is 7.47. The van der Waals surface area contributed by atoms with Crippen LogP contribution in [-0.4, -0.2) is 58.3 Å². The van der Waals surface area contributed by atoms with Gasteiger partial charge in [-0.25, -0.2) is 13.1 Å². The molecule has 0 aromatic rings. The maximum atomic E-state index is 11.7. The number of hydrogen-bond donors (Lipinski definition) is 2. The van der Waals surface area contributed by atoms with E-state index in [-0.39, 0.29) is 5.25 Å². The third kappa shape index (κ3) is 4.37. The van der Waals surface area contributed by atoms with Gasteiger partial charge in [0.25, 0.3) is 0 Å². The van der Waals surface area contributed by atoms with Crippen LogP contribution >= 0.6 is 0 Å². The molecule has 1 fully saturated rings. The lowest BCUT2D eigenvalue weighted by Crippen LogP contribution is -2.41. The molecule has 0 aromatic carbocycles. The summed E-state index contributed by atoms with van der Waals surface area (Å²) >= 11 is 0. The Bertz CT molecular complexity index is 301. The second kappa shape index (κ2) is 5.95. The minimum Gasteiger partial charge on any atom is -0.318 e. The summed E-state index contributed by atoms with van der Waals surface area (Å²) in [4.78, 5) is 2.21. The molecule has 0 bridgehead atoms. The van der Waals surface area contributed by atoms with Crippen molar-refractivity contribution in [2.75, 3.05) is 33.7 Å². The first-order valence-electron chi connectivity index (χ1n) is 5.80. The standard InChI is InChI=1S/C10H23N3O2S/c1-9(8-11-2)16(14,15)12-6-7-13(3)10-4-5-10/h9-12H,4-8H2,1-3H3. The molecule has 0 aliphatic heterocycles. The van der Waals surface area contributed by atoms with Gasteiger partial charge in [-0.15, -0.1) is 0 Å². The minimum atomic E-state index is -3.16. The van der Waals surface area contributed by atoms with Gasteiger partial charge in [0.05, 0.1) is 5.25 Å². The normalized spacial score (nSPS) is 19.0. The molecule has 5 nitrogen and oxygen atoms in total. The van der Waals surface area contributed by atoms with Crippen LogP contribution in [0.2, 0.25) is 0 Å². The minimum absolute atomic E-state index is 0.385. The molecule has 0 amide bonds. The highest BCUT2D eigenvalue weighted by molar-refractivity contribution is 7.90. The Kier molecular flexibility index (Phi) is 5.17. The highest BCUT2D eigenvalue weighted by atomic mass is 32.2. The molecule has 1 atom stereocenters. The molecule has 1 unspecified atom stereocenters. The summed E-state index contributed by atoms with van der Waals surface area (Å²) in [6.45, 7) is 3.48. The Balaban J connectivity index is 2.24. The quantitative estimate of drug-likeness (QED) is 0.615. The molecule has 6 heteroatoms. The smallest absolute Gasteiger partial charge is 0.215 e. The van der Waals surface area contributed by atoms with Crippen molar-refractivity contribution in [3.63, 3.8) is 0 Å². The van der Waals surface area contributed by atoms with Gasteiger partial charge >= 0.3 is 0 Å². The number of sulfonamides is 1. The summed E-state index contributed by atoms with van der Waals surface area (Å²) in [5, 5.41) is 2.49. The average molecular weight is 249 g/mol. The molecule has 16 heavy (non-hydrogen) atoms. The monoisotopic (exact) mass is 249 g/mol. The highest BCUT2D eigenvalue weighted by Crippen LogP contribution is 2.24. The zero-order valence-electron chi connectivity index (χ0n) is 10.4. The zero-order chi connectivity index (χ0) is 12.2. The predicted octanol–water partition coefficient (Wildman–Crippen LogP) is -0.392. The fourth-order valence-corrected chi connectivity index (χ4v) is 2.65. The number of likely N-dealkylation sites (N-methyl/N-ethyl adjacent to an activating group) is 1. The maximum Gasteiger partial charge on any atom is 0.215 e. The maximum absolute atomic E-state index is 11.7. The van der Waals surface area contributed by atoms with Gasteiger partial charge in [0.2, 0.25) is 10.0 Å². The van der Waals surface area contributed by atoms with E-state index >= 15 is 0 Å². The van der Waals surface area contributed by atoms with Gasteiger partial charge in [-0.1, -0.05) is 0 Å². The van der Waals surface area contributed by atoms with Crippen LogP contribution in [-0.2, 0) is 10.0 Å². The average Bonchev–Trinajstić information content (AvgIpc) is 3.00. The fraction of sp³-hybridized carbons (Fsp3) is 1.00. The van der Waals surface area contributed by atoms with Crippen molar-refractivity contribution in [2.24, 2.45) is 0 Å². The van der Waals surface area contributed by atoms with Crippen LogP contribution in [0.1, 0.15) is 19.8 Å². The molecular weight excluding hydrogens is 226 g/mol. The molecule has 0 saturated heterocycles. The van der Waals surface area contributed by atoms with Crippen LogP contribution in [0, 0.1) is 0 Å². The fourth-order valence-electron chi connectivity index (χ4n) is 1.60. The van der Waals surface area contributed by atoms with Crippen molar-refractivity contribution >= 4 is 10.0 Å². The van der Waals surface area contributed by atoms with Gasteiger partial charge in [-0.2, -0.15) is 0 Å². The van der Waals surface area contributed by atoms with E-state index in [1.165, 1.54) is 12.8 Å². The molecule has 96 valence electrons. The summed E-state index contributed by atoms with van der Waals surface area (Å²) in [7, 11) is 0.639. The van der Waals surface area contributed by atoms with E-state index in [1.54, 1.807) is 14.0 Å². The lowest BCUT2D eigenvalue weighted by molar-refractivity contribution is 0.329. The van der Waals surface area contributed by atoms with Crippen molar-refractivity contribution in [3.8, 4) is 0 Å². The summed E-state index contributed by atoms with van der Waals surface area (Å²) in [5.41, 5.74) is 0. The largest absolute Gasteiger partial charge is 0.318 e.